The number of anilines is 1. The Balaban J connectivity index is 1.73. The van der Waals surface area contributed by atoms with Crippen LogP contribution in [0.3, 0.4) is 0 Å². The van der Waals surface area contributed by atoms with Gasteiger partial charge in [0.25, 0.3) is 5.91 Å². The van der Waals surface area contributed by atoms with Crippen molar-refractivity contribution in [1.82, 2.24) is 0 Å². The smallest absolute Gasteiger partial charge is 0.341 e. The molecule has 1 aromatic heterocycles. The molecule has 1 amide bonds. The molecule has 4 rings (SSSR count). The number of aliphatic carboxylic acids is 1. The van der Waals surface area contributed by atoms with E-state index < -0.39 is 12.6 Å². The lowest BCUT2D eigenvalue weighted by Gasteiger charge is -2.11. The number of benzene rings is 3. The Bertz CT molecular complexity index is 1500. The van der Waals surface area contributed by atoms with E-state index in [9.17, 15) is 19.5 Å². The normalized spacial score (nSPS) is 11.1. The highest BCUT2D eigenvalue weighted by Gasteiger charge is 2.26. The predicted octanol–water partition coefficient (Wildman–Crippen LogP) is 6.73. The molecule has 0 saturated carbocycles. The Labute approximate surface area is 228 Å². The van der Waals surface area contributed by atoms with Gasteiger partial charge in [-0.05, 0) is 86.5 Å². The molecule has 0 atom stereocenters. The highest BCUT2D eigenvalue weighted by molar-refractivity contribution is 9.11. The summed E-state index contributed by atoms with van der Waals surface area (Å²) in [7, 11) is 0. The maximum absolute atomic E-state index is 13.8. The summed E-state index contributed by atoms with van der Waals surface area (Å²) in [6, 6.07) is 14.0. The molecule has 190 valence electrons. The van der Waals surface area contributed by atoms with E-state index in [-0.39, 0.29) is 29.1 Å². The Morgan fingerprint density at radius 2 is 1.62 bits per heavy atom. The Hall–Kier alpha value is -3.63. The number of fused-ring (bicyclic) bond motifs is 1. The van der Waals surface area contributed by atoms with Crippen molar-refractivity contribution in [2.45, 2.75) is 19.8 Å². The van der Waals surface area contributed by atoms with Gasteiger partial charge < -0.3 is 24.7 Å². The summed E-state index contributed by atoms with van der Waals surface area (Å²) in [6.07, 6.45) is 0. The summed E-state index contributed by atoms with van der Waals surface area (Å²) in [4.78, 5) is 37.3. The first-order valence-corrected chi connectivity index (χ1v) is 12.7. The van der Waals surface area contributed by atoms with E-state index in [0.717, 1.165) is 0 Å². The Morgan fingerprint density at radius 1 is 0.973 bits per heavy atom. The molecule has 0 spiro atoms. The zero-order chi connectivity index (χ0) is 26.9. The van der Waals surface area contributed by atoms with Crippen LogP contribution in [0.2, 0.25) is 0 Å². The SMILES string of the molecule is CC(C)c1oc2ccc(NC(=O)c3ccc(O)cc3)cc2c1C(=O)c1cc(Br)c(OCC(=O)O)c(Br)c1. The molecule has 37 heavy (non-hydrogen) atoms. The summed E-state index contributed by atoms with van der Waals surface area (Å²) >= 11 is 6.71. The zero-order valence-electron chi connectivity index (χ0n) is 19.7. The standard InChI is InChI=1S/C27H21Br2NO7/c1-13(2)25-23(24(34)15-9-19(28)26(20(29)10-15)36-12-22(32)33)18-11-16(5-8-21(18)37-25)30-27(35)14-3-6-17(31)7-4-14/h3-11,13,31H,12H2,1-2H3,(H,30,35)(H,32,33). The number of phenols is 1. The number of rotatable bonds is 8. The maximum atomic E-state index is 13.8. The average Bonchev–Trinajstić information content (AvgIpc) is 3.22. The first-order chi connectivity index (χ1) is 17.5. The van der Waals surface area contributed by atoms with Crippen LogP contribution in [0.25, 0.3) is 11.0 Å². The van der Waals surface area contributed by atoms with E-state index in [1.165, 1.54) is 24.3 Å². The molecule has 0 aliphatic heterocycles. The van der Waals surface area contributed by atoms with Gasteiger partial charge in [-0.15, -0.1) is 0 Å². The highest BCUT2D eigenvalue weighted by Crippen LogP contribution is 2.38. The van der Waals surface area contributed by atoms with Gasteiger partial charge >= 0.3 is 5.97 Å². The molecule has 10 heteroatoms. The van der Waals surface area contributed by atoms with Crippen molar-refractivity contribution in [3.8, 4) is 11.5 Å². The van der Waals surface area contributed by atoms with Crippen LogP contribution in [0, 0.1) is 0 Å². The number of aromatic hydroxyl groups is 1. The first-order valence-electron chi connectivity index (χ1n) is 11.1. The fourth-order valence-corrected chi connectivity index (χ4v) is 5.17. The lowest BCUT2D eigenvalue weighted by atomic mass is 9.96. The lowest BCUT2D eigenvalue weighted by molar-refractivity contribution is -0.139. The third kappa shape index (κ3) is 5.70. The molecular formula is C27H21Br2NO7. The van der Waals surface area contributed by atoms with Gasteiger partial charge in [-0.25, -0.2) is 4.79 Å². The second-order valence-electron chi connectivity index (χ2n) is 8.49. The van der Waals surface area contributed by atoms with Crippen LogP contribution in [0.5, 0.6) is 11.5 Å². The molecule has 3 aromatic carbocycles. The molecule has 0 fully saturated rings. The third-order valence-corrected chi connectivity index (χ3v) is 6.63. The Morgan fingerprint density at radius 3 is 2.22 bits per heavy atom. The van der Waals surface area contributed by atoms with Crippen molar-refractivity contribution in [3.05, 3.63) is 86.0 Å². The van der Waals surface area contributed by atoms with Crippen molar-refractivity contribution in [1.29, 1.82) is 0 Å². The van der Waals surface area contributed by atoms with Crippen LogP contribution in [0.15, 0.2) is 68.0 Å². The van der Waals surface area contributed by atoms with E-state index in [1.54, 1.807) is 30.3 Å². The van der Waals surface area contributed by atoms with Crippen LogP contribution in [0.4, 0.5) is 5.69 Å². The van der Waals surface area contributed by atoms with Gasteiger partial charge in [0.1, 0.15) is 22.8 Å². The van der Waals surface area contributed by atoms with Gasteiger partial charge in [-0.2, -0.15) is 0 Å². The summed E-state index contributed by atoms with van der Waals surface area (Å²) in [5, 5.41) is 21.7. The number of furan rings is 1. The number of carbonyl (C=O) groups is 3. The van der Waals surface area contributed by atoms with E-state index >= 15 is 0 Å². The monoisotopic (exact) mass is 629 g/mol. The summed E-state index contributed by atoms with van der Waals surface area (Å²) in [5.74, 6) is -1.09. The Kier molecular flexibility index (Phi) is 7.70. The van der Waals surface area contributed by atoms with Crippen LogP contribution in [0.1, 0.15) is 51.8 Å². The van der Waals surface area contributed by atoms with E-state index in [4.69, 9.17) is 14.3 Å². The maximum Gasteiger partial charge on any atom is 0.341 e. The van der Waals surface area contributed by atoms with Gasteiger partial charge in [0.05, 0.1) is 14.5 Å². The fraction of sp³-hybridized carbons (Fsp3) is 0.148. The van der Waals surface area contributed by atoms with E-state index in [2.05, 4.69) is 37.2 Å². The second kappa shape index (κ2) is 10.8. The van der Waals surface area contributed by atoms with Crippen LogP contribution in [-0.2, 0) is 4.79 Å². The van der Waals surface area contributed by atoms with Crippen LogP contribution < -0.4 is 10.1 Å². The highest BCUT2D eigenvalue weighted by atomic mass is 79.9. The third-order valence-electron chi connectivity index (χ3n) is 5.45. The molecule has 0 aliphatic rings. The first kappa shape index (κ1) is 26.4. The minimum Gasteiger partial charge on any atom is -0.508 e. The number of hydrogen-bond donors (Lipinski definition) is 3. The molecule has 4 aromatic rings. The number of amides is 1. The largest absolute Gasteiger partial charge is 0.508 e. The van der Waals surface area contributed by atoms with Crippen LogP contribution in [-0.4, -0.2) is 34.5 Å². The minimum atomic E-state index is -1.13. The second-order valence-corrected chi connectivity index (χ2v) is 10.2. The number of hydrogen-bond acceptors (Lipinski definition) is 6. The minimum absolute atomic E-state index is 0.0560. The molecule has 8 nitrogen and oxygen atoms in total. The van der Waals surface area contributed by atoms with E-state index in [1.807, 2.05) is 13.8 Å². The molecule has 0 unspecified atom stereocenters. The fourth-order valence-electron chi connectivity index (χ4n) is 3.76. The number of carboxylic acid groups (broad SMARTS) is 1. The quantitative estimate of drug-likeness (QED) is 0.184. The number of phenolic OH excluding ortho intramolecular Hbond substituents is 1. The van der Waals surface area contributed by atoms with Gasteiger partial charge in [0, 0.05) is 28.1 Å². The van der Waals surface area contributed by atoms with Crippen molar-refractivity contribution < 1.29 is 33.8 Å². The van der Waals surface area contributed by atoms with Gasteiger partial charge in [0.15, 0.2) is 12.4 Å². The molecule has 1 heterocycles. The zero-order valence-corrected chi connectivity index (χ0v) is 22.8. The van der Waals surface area contributed by atoms with Crippen molar-refractivity contribution >= 4 is 66.2 Å². The van der Waals surface area contributed by atoms with E-state index in [0.29, 0.717) is 48.1 Å². The molecular weight excluding hydrogens is 610 g/mol. The predicted molar refractivity (Wildman–Crippen MR) is 145 cm³/mol. The summed E-state index contributed by atoms with van der Waals surface area (Å²) in [6.45, 7) is 3.29. The number of halogens is 2. The number of ketones is 1. The van der Waals surface area contributed by atoms with Crippen molar-refractivity contribution in [3.63, 3.8) is 0 Å². The van der Waals surface area contributed by atoms with Crippen LogP contribution >= 0.6 is 31.9 Å². The number of nitrogens with one attached hydrogen (secondary N) is 1. The van der Waals surface area contributed by atoms with Gasteiger partial charge in [-0.3, -0.25) is 9.59 Å². The van der Waals surface area contributed by atoms with Crippen molar-refractivity contribution in [2.24, 2.45) is 0 Å². The van der Waals surface area contributed by atoms with Gasteiger partial charge in [0.2, 0.25) is 0 Å². The number of carboxylic acids is 1. The summed E-state index contributed by atoms with van der Waals surface area (Å²) in [5.41, 5.74) is 2.02. The molecule has 0 aliphatic carbocycles. The van der Waals surface area contributed by atoms with Gasteiger partial charge in [-0.1, -0.05) is 13.8 Å². The van der Waals surface area contributed by atoms with Crippen molar-refractivity contribution in [2.75, 3.05) is 11.9 Å². The molecule has 0 saturated heterocycles. The topological polar surface area (TPSA) is 126 Å². The molecule has 0 radical (unpaired) electrons. The number of carbonyl (C=O) groups excluding carboxylic acids is 2. The summed E-state index contributed by atoms with van der Waals surface area (Å²) < 4.78 is 12.2. The molecule has 0 bridgehead atoms. The lowest BCUT2D eigenvalue weighted by Crippen LogP contribution is -2.12. The number of ether oxygens (including phenoxy) is 1. The molecule has 3 N–H and O–H groups in total. The average molecular weight is 631 g/mol.